The predicted octanol–water partition coefficient (Wildman–Crippen LogP) is 2.85. The third-order valence-electron chi connectivity index (χ3n) is 2.84. The van der Waals surface area contributed by atoms with Crippen molar-refractivity contribution in [3.05, 3.63) is 41.2 Å². The summed E-state index contributed by atoms with van der Waals surface area (Å²) in [5.41, 5.74) is 7.77. The minimum Gasteiger partial charge on any atom is -0.397 e. The number of hydrogen-bond donors (Lipinski definition) is 2. The summed E-state index contributed by atoms with van der Waals surface area (Å²) in [5.74, 6) is -0.0457. The molecule has 0 radical (unpaired) electrons. The molecule has 0 bridgehead atoms. The average molecular weight is 293 g/mol. The van der Waals surface area contributed by atoms with E-state index in [1.54, 1.807) is 18.2 Å². The Labute approximate surface area is 122 Å². The van der Waals surface area contributed by atoms with Gasteiger partial charge in [-0.3, -0.25) is 9.48 Å². The van der Waals surface area contributed by atoms with Crippen LogP contribution in [0.1, 0.15) is 18.5 Å². The number of nitrogen functional groups attached to an aromatic ring is 1. The number of carbonyl (C=O) groups excluding carboxylic acids is 1. The van der Waals surface area contributed by atoms with E-state index in [0.29, 0.717) is 22.8 Å². The van der Waals surface area contributed by atoms with E-state index in [9.17, 15) is 4.79 Å². The lowest BCUT2D eigenvalue weighted by Crippen LogP contribution is -2.12. The number of carbonyl (C=O) groups is 1. The maximum atomic E-state index is 11.8. The molecule has 1 heterocycles. The molecule has 2 aromatic rings. The summed E-state index contributed by atoms with van der Waals surface area (Å²) >= 11 is 5.82. The van der Waals surface area contributed by atoms with Crippen LogP contribution in [0.2, 0.25) is 5.02 Å². The average Bonchev–Trinajstić information content (AvgIpc) is 2.80. The Kier molecular flexibility index (Phi) is 4.63. The molecule has 3 N–H and O–H groups in total. The molecule has 1 aromatic carbocycles. The van der Waals surface area contributed by atoms with Crippen LogP contribution >= 0.6 is 11.6 Å². The van der Waals surface area contributed by atoms with Gasteiger partial charge >= 0.3 is 0 Å². The number of rotatable bonds is 5. The van der Waals surface area contributed by atoms with Crippen molar-refractivity contribution in [2.24, 2.45) is 0 Å². The van der Waals surface area contributed by atoms with Gasteiger partial charge in [0.1, 0.15) is 0 Å². The first kappa shape index (κ1) is 14.4. The molecule has 1 amide bonds. The highest BCUT2D eigenvalue weighted by molar-refractivity contribution is 6.33. The van der Waals surface area contributed by atoms with E-state index >= 15 is 0 Å². The van der Waals surface area contributed by atoms with Crippen LogP contribution < -0.4 is 11.1 Å². The van der Waals surface area contributed by atoms with Crippen molar-refractivity contribution in [3.63, 3.8) is 0 Å². The molecule has 0 fully saturated rings. The molecular weight excluding hydrogens is 276 g/mol. The minimum absolute atomic E-state index is 0.0457. The Bertz CT molecular complexity index is 609. The van der Waals surface area contributed by atoms with E-state index in [-0.39, 0.29) is 5.91 Å². The normalized spacial score (nSPS) is 10.5. The fourth-order valence-electron chi connectivity index (χ4n) is 1.83. The lowest BCUT2D eigenvalue weighted by molar-refractivity contribution is -0.116. The van der Waals surface area contributed by atoms with Gasteiger partial charge in [0.2, 0.25) is 5.91 Å². The standard InChI is InChI=1S/C14H17ClN4O/c1-10-6-8-19(18-10)7-2-3-14(20)17-11-4-5-12(15)13(16)9-11/h4-6,8-9H,2-3,7,16H2,1H3,(H,17,20). The summed E-state index contributed by atoms with van der Waals surface area (Å²) in [6.07, 6.45) is 3.07. The number of benzene rings is 1. The third-order valence-corrected chi connectivity index (χ3v) is 3.19. The van der Waals surface area contributed by atoms with E-state index in [4.69, 9.17) is 17.3 Å². The SMILES string of the molecule is Cc1ccn(CCCC(=O)Nc2ccc(Cl)c(N)c2)n1. The third kappa shape index (κ3) is 3.99. The molecule has 0 aliphatic heterocycles. The van der Waals surface area contributed by atoms with Crippen LogP contribution in [-0.4, -0.2) is 15.7 Å². The number of amides is 1. The van der Waals surface area contributed by atoms with E-state index in [0.717, 1.165) is 18.7 Å². The van der Waals surface area contributed by atoms with E-state index < -0.39 is 0 Å². The fraction of sp³-hybridized carbons (Fsp3) is 0.286. The van der Waals surface area contributed by atoms with Gasteiger partial charge in [0, 0.05) is 24.8 Å². The molecule has 5 nitrogen and oxygen atoms in total. The van der Waals surface area contributed by atoms with Gasteiger partial charge in [-0.1, -0.05) is 11.6 Å². The molecular formula is C14H17ClN4O. The van der Waals surface area contributed by atoms with E-state index in [2.05, 4.69) is 10.4 Å². The van der Waals surface area contributed by atoms with Crippen LogP contribution in [0.4, 0.5) is 11.4 Å². The topological polar surface area (TPSA) is 72.9 Å². The quantitative estimate of drug-likeness (QED) is 0.832. The van der Waals surface area contributed by atoms with Crippen LogP contribution in [0.25, 0.3) is 0 Å². The van der Waals surface area contributed by atoms with Gasteiger partial charge in [0.05, 0.1) is 16.4 Å². The lowest BCUT2D eigenvalue weighted by Gasteiger charge is -2.07. The molecule has 1 aromatic heterocycles. The molecule has 0 unspecified atom stereocenters. The number of hydrogen-bond acceptors (Lipinski definition) is 3. The number of aryl methyl sites for hydroxylation is 2. The highest BCUT2D eigenvalue weighted by atomic mass is 35.5. The Morgan fingerprint density at radius 1 is 1.45 bits per heavy atom. The van der Waals surface area contributed by atoms with Crippen molar-refractivity contribution in [2.45, 2.75) is 26.3 Å². The molecule has 0 atom stereocenters. The molecule has 0 saturated carbocycles. The van der Waals surface area contributed by atoms with Crippen molar-refractivity contribution < 1.29 is 4.79 Å². The summed E-state index contributed by atoms with van der Waals surface area (Å²) in [6.45, 7) is 2.66. The second-order valence-corrected chi connectivity index (χ2v) is 5.02. The zero-order valence-corrected chi connectivity index (χ0v) is 12.0. The van der Waals surface area contributed by atoms with Crippen molar-refractivity contribution in [2.75, 3.05) is 11.1 Å². The Hall–Kier alpha value is -2.01. The van der Waals surface area contributed by atoms with Crippen LogP contribution in [0.5, 0.6) is 0 Å². The molecule has 0 saturated heterocycles. The van der Waals surface area contributed by atoms with Gasteiger partial charge in [-0.05, 0) is 37.6 Å². The van der Waals surface area contributed by atoms with Crippen molar-refractivity contribution in [1.82, 2.24) is 9.78 Å². The summed E-state index contributed by atoms with van der Waals surface area (Å²) in [4.78, 5) is 11.8. The molecule has 20 heavy (non-hydrogen) atoms. The number of nitrogens with zero attached hydrogens (tertiary/aromatic N) is 2. The largest absolute Gasteiger partial charge is 0.397 e. The molecule has 0 spiro atoms. The predicted molar refractivity (Wildman–Crippen MR) is 80.7 cm³/mol. The number of anilines is 2. The Balaban J connectivity index is 1.79. The summed E-state index contributed by atoms with van der Waals surface area (Å²) in [5, 5.41) is 7.54. The van der Waals surface area contributed by atoms with E-state index in [1.165, 1.54) is 0 Å². The smallest absolute Gasteiger partial charge is 0.224 e. The van der Waals surface area contributed by atoms with Gasteiger partial charge < -0.3 is 11.1 Å². The van der Waals surface area contributed by atoms with Gasteiger partial charge in [0.15, 0.2) is 0 Å². The Morgan fingerprint density at radius 3 is 2.90 bits per heavy atom. The first-order valence-electron chi connectivity index (χ1n) is 6.39. The number of aromatic nitrogens is 2. The maximum Gasteiger partial charge on any atom is 0.224 e. The maximum absolute atomic E-state index is 11.8. The van der Waals surface area contributed by atoms with Gasteiger partial charge in [-0.15, -0.1) is 0 Å². The van der Waals surface area contributed by atoms with Gasteiger partial charge in [-0.2, -0.15) is 5.10 Å². The number of nitrogens with one attached hydrogen (secondary N) is 1. The van der Waals surface area contributed by atoms with Crippen molar-refractivity contribution in [3.8, 4) is 0 Å². The first-order valence-corrected chi connectivity index (χ1v) is 6.77. The van der Waals surface area contributed by atoms with E-state index in [1.807, 2.05) is 23.9 Å². The highest BCUT2D eigenvalue weighted by Gasteiger charge is 2.04. The number of halogens is 1. The molecule has 106 valence electrons. The monoisotopic (exact) mass is 292 g/mol. The summed E-state index contributed by atoms with van der Waals surface area (Å²) in [6, 6.07) is 6.99. The Morgan fingerprint density at radius 2 is 2.25 bits per heavy atom. The lowest BCUT2D eigenvalue weighted by atomic mass is 10.2. The van der Waals surface area contributed by atoms with Crippen LogP contribution in [0, 0.1) is 6.92 Å². The van der Waals surface area contributed by atoms with Gasteiger partial charge in [-0.25, -0.2) is 0 Å². The minimum atomic E-state index is -0.0457. The molecule has 0 aliphatic rings. The molecule has 2 rings (SSSR count). The van der Waals surface area contributed by atoms with Gasteiger partial charge in [0.25, 0.3) is 0 Å². The molecule has 6 heteroatoms. The van der Waals surface area contributed by atoms with Crippen LogP contribution in [0.3, 0.4) is 0 Å². The first-order chi connectivity index (χ1) is 9.54. The molecule has 0 aliphatic carbocycles. The summed E-state index contributed by atoms with van der Waals surface area (Å²) < 4.78 is 1.84. The van der Waals surface area contributed by atoms with Crippen LogP contribution in [-0.2, 0) is 11.3 Å². The number of nitrogens with two attached hydrogens (primary N) is 1. The second-order valence-electron chi connectivity index (χ2n) is 4.61. The van der Waals surface area contributed by atoms with Crippen LogP contribution in [0.15, 0.2) is 30.5 Å². The second kappa shape index (κ2) is 6.43. The highest BCUT2D eigenvalue weighted by Crippen LogP contribution is 2.22. The zero-order valence-electron chi connectivity index (χ0n) is 11.3. The van der Waals surface area contributed by atoms with Crippen molar-refractivity contribution >= 4 is 28.9 Å². The zero-order chi connectivity index (χ0) is 14.5. The fourth-order valence-corrected chi connectivity index (χ4v) is 1.95. The van der Waals surface area contributed by atoms with Crippen molar-refractivity contribution in [1.29, 1.82) is 0 Å². The summed E-state index contributed by atoms with van der Waals surface area (Å²) in [7, 11) is 0.